The van der Waals surface area contributed by atoms with E-state index in [-0.39, 0.29) is 12.3 Å². The molecule has 128 valence electrons. The van der Waals surface area contributed by atoms with E-state index in [9.17, 15) is 9.59 Å². The normalized spacial score (nSPS) is 16.0. The van der Waals surface area contributed by atoms with Gasteiger partial charge in [0.05, 0.1) is 22.5 Å². The predicted octanol–water partition coefficient (Wildman–Crippen LogP) is 2.94. The third-order valence-electron chi connectivity index (χ3n) is 3.60. The van der Waals surface area contributed by atoms with Crippen LogP contribution < -0.4 is 0 Å². The molecule has 6 nitrogen and oxygen atoms in total. The number of thiocarbonyl (C=S) groups is 1. The van der Waals surface area contributed by atoms with Gasteiger partial charge < -0.3 is 5.11 Å². The number of rotatable bonds is 6. The molecule has 2 aromatic rings. The Balaban J connectivity index is 1.79. The average Bonchev–Trinajstić information content (AvgIpc) is 3.15. The number of aliphatic carboxylic acids is 1. The van der Waals surface area contributed by atoms with Crippen molar-refractivity contribution in [2.24, 2.45) is 0 Å². The van der Waals surface area contributed by atoms with Crippen LogP contribution in [0.3, 0.4) is 0 Å². The minimum absolute atomic E-state index is 0.0108. The highest BCUT2D eigenvalue weighted by molar-refractivity contribution is 8.26. The van der Waals surface area contributed by atoms with Gasteiger partial charge >= 0.3 is 5.97 Å². The van der Waals surface area contributed by atoms with Crippen LogP contribution in [0.4, 0.5) is 0 Å². The van der Waals surface area contributed by atoms with E-state index in [1.165, 1.54) is 16.7 Å². The topological polar surface area (TPSA) is 75.4 Å². The highest BCUT2D eigenvalue weighted by Crippen LogP contribution is 2.32. The molecule has 1 fully saturated rings. The molecule has 0 spiro atoms. The SMILES string of the molecule is O=C(O)CCCN1C(=O)C(=Cc2ccnn2-c2ccccc2)SC1=S. The Kier molecular flexibility index (Phi) is 5.30. The van der Waals surface area contributed by atoms with Gasteiger partial charge in [-0.05, 0) is 30.7 Å². The summed E-state index contributed by atoms with van der Waals surface area (Å²) in [6.45, 7) is 0.312. The second kappa shape index (κ2) is 7.62. The number of carbonyl (C=O) groups is 2. The van der Waals surface area contributed by atoms with E-state index in [4.69, 9.17) is 17.3 Å². The van der Waals surface area contributed by atoms with Crippen LogP contribution in [0.2, 0.25) is 0 Å². The van der Waals surface area contributed by atoms with Gasteiger partial charge in [-0.3, -0.25) is 14.5 Å². The van der Waals surface area contributed by atoms with Crippen LogP contribution in [-0.2, 0) is 9.59 Å². The fourth-order valence-electron chi connectivity index (χ4n) is 2.42. The third-order valence-corrected chi connectivity index (χ3v) is 4.98. The van der Waals surface area contributed by atoms with Crippen LogP contribution in [0.15, 0.2) is 47.5 Å². The predicted molar refractivity (Wildman–Crippen MR) is 100 cm³/mol. The molecule has 0 bridgehead atoms. The summed E-state index contributed by atoms with van der Waals surface area (Å²) in [4.78, 5) is 25.1. The smallest absolute Gasteiger partial charge is 0.303 e. The van der Waals surface area contributed by atoms with Crippen molar-refractivity contribution in [2.45, 2.75) is 12.8 Å². The number of para-hydroxylation sites is 1. The molecule has 1 aromatic carbocycles. The summed E-state index contributed by atoms with van der Waals surface area (Å²) in [6, 6.07) is 11.5. The van der Waals surface area contributed by atoms with Gasteiger partial charge in [0.25, 0.3) is 5.91 Å². The van der Waals surface area contributed by atoms with Gasteiger partial charge in [-0.15, -0.1) is 0 Å². The molecule has 0 atom stereocenters. The van der Waals surface area contributed by atoms with Crippen LogP contribution in [-0.4, -0.2) is 42.5 Å². The number of benzene rings is 1. The number of carbonyl (C=O) groups excluding carboxylic acids is 1. The lowest BCUT2D eigenvalue weighted by Gasteiger charge is -2.13. The maximum absolute atomic E-state index is 12.5. The molecule has 1 aliphatic heterocycles. The first-order chi connectivity index (χ1) is 12.1. The first kappa shape index (κ1) is 17.4. The van der Waals surface area contributed by atoms with Gasteiger partial charge in [0.15, 0.2) is 0 Å². The molecular weight excluding hydrogens is 358 g/mol. The summed E-state index contributed by atoms with van der Waals surface area (Å²) >= 11 is 6.48. The molecule has 1 amide bonds. The second-order valence-electron chi connectivity index (χ2n) is 5.33. The lowest BCUT2D eigenvalue weighted by molar-refractivity contribution is -0.137. The van der Waals surface area contributed by atoms with Crippen molar-refractivity contribution in [3.63, 3.8) is 0 Å². The van der Waals surface area contributed by atoms with Crippen molar-refractivity contribution in [1.82, 2.24) is 14.7 Å². The van der Waals surface area contributed by atoms with Crippen molar-refractivity contribution < 1.29 is 14.7 Å². The fraction of sp³-hybridized carbons (Fsp3) is 0.176. The molecule has 1 aliphatic rings. The van der Waals surface area contributed by atoms with E-state index in [0.717, 1.165) is 11.4 Å². The van der Waals surface area contributed by atoms with Crippen molar-refractivity contribution in [3.05, 3.63) is 53.2 Å². The molecule has 25 heavy (non-hydrogen) atoms. The number of carboxylic acid groups (broad SMARTS) is 1. The highest BCUT2D eigenvalue weighted by atomic mass is 32.2. The van der Waals surface area contributed by atoms with Crippen molar-refractivity contribution >= 4 is 46.3 Å². The zero-order valence-corrected chi connectivity index (χ0v) is 14.8. The van der Waals surface area contributed by atoms with Crippen molar-refractivity contribution in [1.29, 1.82) is 0 Å². The minimum atomic E-state index is -0.882. The Hall–Kier alpha value is -2.45. The minimum Gasteiger partial charge on any atom is -0.481 e. The molecule has 0 saturated carbocycles. The molecule has 1 N–H and O–H groups in total. The number of carboxylic acids is 1. The third kappa shape index (κ3) is 3.97. The number of thioether (sulfide) groups is 1. The maximum atomic E-state index is 12.5. The number of amides is 1. The van der Waals surface area contributed by atoms with E-state index in [1.807, 2.05) is 36.4 Å². The molecule has 1 aromatic heterocycles. The van der Waals surface area contributed by atoms with Gasteiger partial charge in [-0.1, -0.05) is 42.2 Å². The van der Waals surface area contributed by atoms with Crippen LogP contribution in [0, 0.1) is 0 Å². The molecule has 8 heteroatoms. The van der Waals surface area contributed by atoms with E-state index in [2.05, 4.69) is 5.10 Å². The average molecular weight is 373 g/mol. The van der Waals surface area contributed by atoms with Crippen LogP contribution in [0.5, 0.6) is 0 Å². The summed E-state index contributed by atoms with van der Waals surface area (Å²) in [5.41, 5.74) is 1.67. The van der Waals surface area contributed by atoms with E-state index >= 15 is 0 Å². The number of hydrogen-bond donors (Lipinski definition) is 1. The van der Waals surface area contributed by atoms with Crippen molar-refractivity contribution in [3.8, 4) is 5.69 Å². The first-order valence-electron chi connectivity index (χ1n) is 7.63. The molecule has 1 saturated heterocycles. The lowest BCUT2D eigenvalue weighted by atomic mass is 10.3. The van der Waals surface area contributed by atoms with Gasteiger partial charge in [-0.25, -0.2) is 4.68 Å². The molecule has 0 unspecified atom stereocenters. The van der Waals surface area contributed by atoms with Crippen LogP contribution >= 0.6 is 24.0 Å². The van der Waals surface area contributed by atoms with E-state index in [1.54, 1.807) is 17.0 Å². The van der Waals surface area contributed by atoms with Gasteiger partial charge in [0, 0.05) is 13.0 Å². The second-order valence-corrected chi connectivity index (χ2v) is 7.01. The van der Waals surface area contributed by atoms with Gasteiger partial charge in [0.1, 0.15) is 4.32 Å². The zero-order valence-electron chi connectivity index (χ0n) is 13.2. The maximum Gasteiger partial charge on any atom is 0.303 e. The Morgan fingerprint density at radius 2 is 2.04 bits per heavy atom. The zero-order chi connectivity index (χ0) is 17.8. The van der Waals surface area contributed by atoms with E-state index < -0.39 is 5.97 Å². The highest BCUT2D eigenvalue weighted by Gasteiger charge is 2.31. The Bertz CT molecular complexity index is 846. The fourth-order valence-corrected chi connectivity index (χ4v) is 3.72. The molecule has 0 radical (unpaired) electrons. The summed E-state index contributed by atoms with van der Waals surface area (Å²) in [5.74, 6) is -1.08. The number of aromatic nitrogens is 2. The Morgan fingerprint density at radius 3 is 2.76 bits per heavy atom. The first-order valence-corrected chi connectivity index (χ1v) is 8.85. The standard InChI is InChI=1S/C17H15N3O3S2/c21-15(22)7-4-10-19-16(23)14(25-17(19)24)11-13-8-9-18-20(13)12-5-2-1-3-6-12/h1-3,5-6,8-9,11H,4,7,10H2,(H,21,22). The summed E-state index contributed by atoms with van der Waals surface area (Å²) in [7, 11) is 0. The van der Waals surface area contributed by atoms with Crippen LogP contribution in [0.25, 0.3) is 11.8 Å². The quantitative estimate of drug-likeness (QED) is 0.620. The summed E-state index contributed by atoms with van der Waals surface area (Å²) < 4.78 is 2.20. The summed E-state index contributed by atoms with van der Waals surface area (Å²) in [6.07, 6.45) is 3.82. The Labute approximate surface area is 154 Å². The Morgan fingerprint density at radius 1 is 1.28 bits per heavy atom. The molecular formula is C17H15N3O3S2. The van der Waals surface area contributed by atoms with Gasteiger partial charge in [-0.2, -0.15) is 5.10 Å². The van der Waals surface area contributed by atoms with Gasteiger partial charge in [0.2, 0.25) is 0 Å². The molecule has 0 aliphatic carbocycles. The molecule has 2 heterocycles. The number of hydrogen-bond acceptors (Lipinski definition) is 5. The largest absolute Gasteiger partial charge is 0.481 e. The van der Waals surface area contributed by atoms with Crippen molar-refractivity contribution in [2.75, 3.05) is 6.54 Å². The summed E-state index contributed by atoms with van der Waals surface area (Å²) in [5, 5.41) is 13.0. The van der Waals surface area contributed by atoms with E-state index in [0.29, 0.717) is 22.2 Å². The van der Waals surface area contributed by atoms with Crippen LogP contribution in [0.1, 0.15) is 18.5 Å². The lowest BCUT2D eigenvalue weighted by Crippen LogP contribution is -2.29. The number of nitrogens with zero attached hydrogens (tertiary/aromatic N) is 3. The monoisotopic (exact) mass is 373 g/mol. The molecule has 3 rings (SSSR count).